The Hall–Kier alpha value is -1.48. The summed E-state index contributed by atoms with van der Waals surface area (Å²) in [7, 11) is 0. The first-order valence-corrected chi connectivity index (χ1v) is 6.11. The lowest BCUT2D eigenvalue weighted by Gasteiger charge is -2.03. The third kappa shape index (κ3) is 4.36. The maximum Gasteiger partial charge on any atom is 0.00896 e. The molecule has 1 aromatic carbocycles. The second-order valence-corrected chi connectivity index (χ2v) is 3.86. The van der Waals surface area contributed by atoms with Crippen LogP contribution in [-0.2, 0) is 0 Å². The largest absolute Gasteiger partial charge is 0.0985 e. The Bertz CT molecular complexity index is 373. The van der Waals surface area contributed by atoms with E-state index >= 15 is 0 Å². The van der Waals surface area contributed by atoms with Crippen molar-refractivity contribution < 1.29 is 0 Å². The van der Waals surface area contributed by atoms with Crippen LogP contribution in [0.3, 0.4) is 0 Å². The maximum atomic E-state index is 3.17. The molecule has 1 aromatic rings. The van der Waals surface area contributed by atoms with E-state index in [2.05, 4.69) is 62.1 Å². The Morgan fingerprint density at radius 2 is 1.88 bits per heavy atom. The van der Waals surface area contributed by atoms with Crippen LogP contribution in [0.15, 0.2) is 36.4 Å². The van der Waals surface area contributed by atoms with E-state index in [1.54, 1.807) is 0 Å². The number of allylic oxidation sites excluding steroid dienone is 2. The van der Waals surface area contributed by atoms with Crippen molar-refractivity contribution in [1.29, 1.82) is 0 Å². The fraction of sp³-hybridized carbons (Fsp3) is 0.375. The molecule has 0 fully saturated rings. The van der Waals surface area contributed by atoms with Crippen LogP contribution >= 0.6 is 0 Å². The molecule has 0 aliphatic rings. The van der Waals surface area contributed by atoms with E-state index in [1.165, 1.54) is 11.1 Å². The molecule has 0 atom stereocenters. The summed E-state index contributed by atoms with van der Waals surface area (Å²) < 4.78 is 0. The summed E-state index contributed by atoms with van der Waals surface area (Å²) in [6.07, 6.45) is 6.47. The van der Waals surface area contributed by atoms with Crippen molar-refractivity contribution in [3.63, 3.8) is 0 Å². The highest BCUT2D eigenvalue weighted by Crippen LogP contribution is 2.18. The van der Waals surface area contributed by atoms with Crippen LogP contribution in [0.2, 0.25) is 0 Å². The lowest BCUT2D eigenvalue weighted by atomic mass is 10.0. The molecule has 1 rings (SSSR count). The van der Waals surface area contributed by atoms with Crippen LogP contribution in [0.25, 0.3) is 5.57 Å². The highest BCUT2D eigenvalue weighted by atomic mass is 14.0. The van der Waals surface area contributed by atoms with Crippen molar-refractivity contribution in [2.75, 3.05) is 0 Å². The minimum Gasteiger partial charge on any atom is -0.0985 e. The van der Waals surface area contributed by atoms with Crippen LogP contribution in [0, 0.1) is 11.8 Å². The van der Waals surface area contributed by atoms with Gasteiger partial charge in [0.25, 0.3) is 0 Å². The van der Waals surface area contributed by atoms with E-state index < -0.39 is 0 Å². The lowest BCUT2D eigenvalue weighted by Crippen LogP contribution is -1.83. The van der Waals surface area contributed by atoms with Crippen molar-refractivity contribution in [3.05, 3.63) is 42.0 Å². The topological polar surface area (TPSA) is 0 Å². The Labute approximate surface area is 99.4 Å². The fourth-order valence-corrected chi connectivity index (χ4v) is 1.56. The van der Waals surface area contributed by atoms with Crippen LogP contribution in [0.4, 0.5) is 0 Å². The summed E-state index contributed by atoms with van der Waals surface area (Å²) in [6, 6.07) is 10.5. The molecule has 0 N–H and O–H groups in total. The molecule has 16 heavy (non-hydrogen) atoms. The summed E-state index contributed by atoms with van der Waals surface area (Å²) in [5.74, 6) is 6.32. The van der Waals surface area contributed by atoms with E-state index in [9.17, 15) is 0 Å². The average molecular weight is 212 g/mol. The monoisotopic (exact) mass is 212 g/mol. The minimum absolute atomic E-state index is 0.991. The maximum absolute atomic E-state index is 3.17. The first kappa shape index (κ1) is 12.6. The zero-order valence-corrected chi connectivity index (χ0v) is 10.3. The SMILES string of the molecule is CCCC#C/C=C(\CCC)c1ccccc1. The van der Waals surface area contributed by atoms with Gasteiger partial charge in [-0.3, -0.25) is 0 Å². The van der Waals surface area contributed by atoms with Gasteiger partial charge in [0.05, 0.1) is 0 Å². The van der Waals surface area contributed by atoms with E-state index in [0.717, 1.165) is 25.7 Å². The zero-order valence-electron chi connectivity index (χ0n) is 10.3. The molecule has 0 nitrogen and oxygen atoms in total. The van der Waals surface area contributed by atoms with Gasteiger partial charge in [0.15, 0.2) is 0 Å². The molecule has 84 valence electrons. The molecule has 0 heteroatoms. The summed E-state index contributed by atoms with van der Waals surface area (Å²) in [5, 5.41) is 0. The van der Waals surface area contributed by atoms with Crippen LogP contribution < -0.4 is 0 Å². The standard InChI is InChI=1S/C16H20/c1-3-5-6-8-12-15(11-4-2)16-13-9-7-10-14-16/h7,9-10,12-14H,3-5,11H2,1-2H3/b15-12+. The van der Waals surface area contributed by atoms with E-state index in [0.29, 0.717) is 0 Å². The smallest absolute Gasteiger partial charge is 0.00896 e. The zero-order chi connectivity index (χ0) is 11.6. The second-order valence-electron chi connectivity index (χ2n) is 3.86. The highest BCUT2D eigenvalue weighted by molar-refractivity contribution is 5.67. The quantitative estimate of drug-likeness (QED) is 0.636. The van der Waals surface area contributed by atoms with Gasteiger partial charge in [0, 0.05) is 6.42 Å². The van der Waals surface area contributed by atoms with Gasteiger partial charge in [0.2, 0.25) is 0 Å². The number of rotatable bonds is 4. The van der Waals surface area contributed by atoms with E-state index in [4.69, 9.17) is 0 Å². The van der Waals surface area contributed by atoms with Crippen molar-refractivity contribution in [1.82, 2.24) is 0 Å². The van der Waals surface area contributed by atoms with Crippen molar-refractivity contribution >= 4 is 5.57 Å². The molecular weight excluding hydrogens is 192 g/mol. The van der Waals surface area contributed by atoms with Crippen molar-refractivity contribution in [2.24, 2.45) is 0 Å². The molecule has 0 amide bonds. The first-order valence-electron chi connectivity index (χ1n) is 6.11. The molecule has 0 aliphatic heterocycles. The Kier molecular flexibility index (Phi) is 6.11. The number of hydrogen-bond acceptors (Lipinski definition) is 0. The fourth-order valence-electron chi connectivity index (χ4n) is 1.56. The van der Waals surface area contributed by atoms with E-state index in [1.807, 2.05) is 0 Å². The predicted molar refractivity (Wildman–Crippen MR) is 72.0 cm³/mol. The Balaban J connectivity index is 2.80. The second kappa shape index (κ2) is 7.77. The molecule has 0 bridgehead atoms. The average Bonchev–Trinajstić information content (AvgIpc) is 2.34. The number of hydrogen-bond donors (Lipinski definition) is 0. The van der Waals surface area contributed by atoms with Gasteiger partial charge in [0.1, 0.15) is 0 Å². The van der Waals surface area contributed by atoms with Crippen LogP contribution in [0.1, 0.15) is 45.1 Å². The van der Waals surface area contributed by atoms with Crippen LogP contribution in [0.5, 0.6) is 0 Å². The summed E-state index contributed by atoms with van der Waals surface area (Å²) in [4.78, 5) is 0. The van der Waals surface area contributed by atoms with Gasteiger partial charge in [-0.2, -0.15) is 0 Å². The van der Waals surface area contributed by atoms with Gasteiger partial charge in [-0.05, 0) is 30.1 Å². The van der Waals surface area contributed by atoms with Gasteiger partial charge in [-0.25, -0.2) is 0 Å². The first-order chi connectivity index (χ1) is 7.88. The summed E-state index contributed by atoms with van der Waals surface area (Å²) in [5.41, 5.74) is 2.65. The van der Waals surface area contributed by atoms with Gasteiger partial charge < -0.3 is 0 Å². The number of unbranched alkanes of at least 4 members (excludes halogenated alkanes) is 1. The van der Waals surface area contributed by atoms with Gasteiger partial charge in [-0.1, -0.05) is 62.4 Å². The molecule has 0 heterocycles. The highest BCUT2D eigenvalue weighted by Gasteiger charge is 1.97. The van der Waals surface area contributed by atoms with Gasteiger partial charge in [-0.15, -0.1) is 0 Å². The molecule has 0 unspecified atom stereocenters. The molecule has 0 aromatic heterocycles. The minimum atomic E-state index is 0.991. The van der Waals surface area contributed by atoms with E-state index in [-0.39, 0.29) is 0 Å². The molecule has 0 spiro atoms. The normalized spacial score (nSPS) is 10.8. The summed E-state index contributed by atoms with van der Waals surface area (Å²) >= 11 is 0. The third-order valence-corrected chi connectivity index (χ3v) is 2.39. The lowest BCUT2D eigenvalue weighted by molar-refractivity contribution is 0.973. The molecule has 0 radical (unpaired) electrons. The molecule has 0 aliphatic carbocycles. The Morgan fingerprint density at radius 1 is 1.12 bits per heavy atom. The molecular formula is C16H20. The molecule has 0 saturated carbocycles. The van der Waals surface area contributed by atoms with Crippen LogP contribution in [-0.4, -0.2) is 0 Å². The summed E-state index contributed by atoms with van der Waals surface area (Å²) in [6.45, 7) is 4.36. The predicted octanol–water partition coefficient (Wildman–Crippen LogP) is 4.67. The van der Waals surface area contributed by atoms with Gasteiger partial charge >= 0.3 is 0 Å². The molecule has 0 saturated heterocycles. The van der Waals surface area contributed by atoms with Crippen molar-refractivity contribution in [3.8, 4) is 11.8 Å². The van der Waals surface area contributed by atoms with Crippen molar-refractivity contribution in [2.45, 2.75) is 39.5 Å². The third-order valence-electron chi connectivity index (χ3n) is 2.39. The number of benzene rings is 1. The Morgan fingerprint density at radius 3 is 2.50 bits per heavy atom.